The third-order valence-electron chi connectivity index (χ3n) is 4.23. The monoisotopic (exact) mass is 291 g/mol. The average Bonchev–Trinajstić information content (AvgIpc) is 2.84. The van der Waals surface area contributed by atoms with Crippen LogP contribution < -0.4 is 5.32 Å². The van der Waals surface area contributed by atoms with Crippen LogP contribution in [-0.2, 0) is 11.2 Å². The van der Waals surface area contributed by atoms with Gasteiger partial charge in [0, 0.05) is 6.04 Å². The predicted molar refractivity (Wildman–Crippen MR) is 82.1 cm³/mol. The summed E-state index contributed by atoms with van der Waals surface area (Å²) in [6.07, 6.45) is 5.42. The molecule has 0 aromatic heterocycles. The number of phenolic OH excluding ortho intramolecular Hbond substituents is 1. The zero-order chi connectivity index (χ0) is 15.3. The first-order valence-electron chi connectivity index (χ1n) is 7.76. The van der Waals surface area contributed by atoms with Crippen molar-refractivity contribution in [3.63, 3.8) is 0 Å². The number of aromatic hydroxyl groups is 1. The van der Waals surface area contributed by atoms with E-state index >= 15 is 0 Å². The summed E-state index contributed by atoms with van der Waals surface area (Å²) in [5.41, 5.74) is 0.365. The summed E-state index contributed by atoms with van der Waals surface area (Å²) in [6, 6.07) is 7.22. The maximum absolute atomic E-state index is 12.0. The van der Waals surface area contributed by atoms with Gasteiger partial charge in [-0.05, 0) is 50.3 Å². The number of amides is 1. The molecule has 21 heavy (non-hydrogen) atoms. The van der Waals surface area contributed by atoms with Crippen LogP contribution in [0.1, 0.15) is 51.0 Å². The van der Waals surface area contributed by atoms with E-state index in [0.29, 0.717) is 0 Å². The molecule has 0 heterocycles. The second-order valence-electron chi connectivity index (χ2n) is 6.28. The van der Waals surface area contributed by atoms with Crippen molar-refractivity contribution in [1.29, 1.82) is 0 Å². The van der Waals surface area contributed by atoms with Crippen LogP contribution in [0.3, 0.4) is 0 Å². The number of nitrogens with one attached hydrogen (secondary N) is 1. The van der Waals surface area contributed by atoms with Gasteiger partial charge >= 0.3 is 0 Å². The molecular weight excluding hydrogens is 266 g/mol. The Morgan fingerprint density at radius 2 is 1.90 bits per heavy atom. The Morgan fingerprint density at radius 1 is 1.29 bits per heavy atom. The molecule has 1 aromatic rings. The van der Waals surface area contributed by atoms with Crippen LogP contribution >= 0.6 is 0 Å². The summed E-state index contributed by atoms with van der Waals surface area (Å²) in [7, 11) is 0. The lowest BCUT2D eigenvalue weighted by molar-refractivity contribution is -0.126. The maximum Gasteiger partial charge on any atom is 0.223 e. The SMILES string of the molecule is CC(CCc1ccc(O)cc1)NC(=O)CC1(O)CCCC1. The molecule has 1 saturated carbocycles. The van der Waals surface area contributed by atoms with E-state index in [9.17, 15) is 15.0 Å². The first-order chi connectivity index (χ1) is 9.97. The van der Waals surface area contributed by atoms with Crippen molar-refractivity contribution in [2.24, 2.45) is 0 Å². The van der Waals surface area contributed by atoms with Gasteiger partial charge < -0.3 is 15.5 Å². The highest BCUT2D eigenvalue weighted by atomic mass is 16.3. The van der Waals surface area contributed by atoms with Crippen LogP contribution in [0.25, 0.3) is 0 Å². The molecular formula is C17H25NO3. The number of rotatable bonds is 6. The second kappa shape index (κ2) is 6.94. The van der Waals surface area contributed by atoms with Crippen LogP contribution in [0.15, 0.2) is 24.3 Å². The van der Waals surface area contributed by atoms with Crippen LogP contribution in [0.4, 0.5) is 0 Å². The number of benzene rings is 1. The number of carbonyl (C=O) groups is 1. The average molecular weight is 291 g/mol. The molecule has 0 aliphatic heterocycles. The zero-order valence-electron chi connectivity index (χ0n) is 12.6. The van der Waals surface area contributed by atoms with Gasteiger partial charge in [0.1, 0.15) is 5.75 Å². The molecule has 0 bridgehead atoms. The predicted octanol–water partition coefficient (Wildman–Crippen LogP) is 2.52. The summed E-state index contributed by atoms with van der Waals surface area (Å²) < 4.78 is 0. The Kier molecular flexibility index (Phi) is 5.23. The van der Waals surface area contributed by atoms with Crippen molar-refractivity contribution in [2.45, 2.75) is 63.5 Å². The molecule has 4 heteroatoms. The van der Waals surface area contributed by atoms with Crippen LogP contribution in [0.5, 0.6) is 5.75 Å². The molecule has 1 atom stereocenters. The molecule has 1 aliphatic rings. The quantitative estimate of drug-likeness (QED) is 0.754. The number of aliphatic hydroxyl groups is 1. The summed E-state index contributed by atoms with van der Waals surface area (Å²) in [6.45, 7) is 1.98. The Hall–Kier alpha value is -1.55. The first-order valence-corrected chi connectivity index (χ1v) is 7.76. The lowest BCUT2D eigenvalue weighted by Crippen LogP contribution is -2.38. The molecule has 0 spiro atoms. The van der Waals surface area contributed by atoms with E-state index in [2.05, 4.69) is 5.32 Å². The topological polar surface area (TPSA) is 69.6 Å². The van der Waals surface area contributed by atoms with Crippen LogP contribution in [0, 0.1) is 0 Å². The van der Waals surface area contributed by atoms with Crippen LogP contribution in [-0.4, -0.2) is 27.8 Å². The Bertz CT molecular complexity index is 463. The molecule has 1 amide bonds. The van der Waals surface area contributed by atoms with E-state index in [4.69, 9.17) is 0 Å². The zero-order valence-corrected chi connectivity index (χ0v) is 12.6. The number of hydrogen-bond donors (Lipinski definition) is 3. The minimum Gasteiger partial charge on any atom is -0.508 e. The van der Waals surface area contributed by atoms with Crippen molar-refractivity contribution < 1.29 is 15.0 Å². The van der Waals surface area contributed by atoms with Gasteiger partial charge in [0.15, 0.2) is 0 Å². The molecule has 1 aromatic carbocycles. The van der Waals surface area contributed by atoms with Gasteiger partial charge in [-0.2, -0.15) is 0 Å². The standard InChI is InChI=1S/C17H25NO3/c1-13(4-5-14-6-8-15(19)9-7-14)18-16(20)12-17(21)10-2-3-11-17/h6-9,13,19,21H,2-5,10-12H2,1H3,(H,18,20). The van der Waals surface area contributed by atoms with Crippen molar-refractivity contribution in [2.75, 3.05) is 0 Å². The highest BCUT2D eigenvalue weighted by Gasteiger charge is 2.33. The maximum atomic E-state index is 12.0. The van der Waals surface area contributed by atoms with Gasteiger partial charge in [0.05, 0.1) is 12.0 Å². The van der Waals surface area contributed by atoms with Crippen LogP contribution in [0.2, 0.25) is 0 Å². The Labute approximate surface area is 126 Å². The third kappa shape index (κ3) is 5.05. The lowest BCUT2D eigenvalue weighted by Gasteiger charge is -2.22. The van der Waals surface area contributed by atoms with Crippen molar-refractivity contribution in [3.05, 3.63) is 29.8 Å². The molecule has 116 valence electrons. The first kappa shape index (κ1) is 15.8. The summed E-state index contributed by atoms with van der Waals surface area (Å²) in [5, 5.41) is 22.4. The van der Waals surface area contributed by atoms with Gasteiger partial charge in [-0.3, -0.25) is 4.79 Å². The molecule has 4 nitrogen and oxygen atoms in total. The van der Waals surface area contributed by atoms with E-state index in [1.807, 2.05) is 19.1 Å². The van der Waals surface area contributed by atoms with Gasteiger partial charge in [0.25, 0.3) is 0 Å². The van der Waals surface area contributed by atoms with Crippen molar-refractivity contribution in [1.82, 2.24) is 5.32 Å². The minimum absolute atomic E-state index is 0.0578. The van der Waals surface area contributed by atoms with E-state index in [0.717, 1.165) is 44.1 Å². The Balaban J connectivity index is 1.72. The van der Waals surface area contributed by atoms with E-state index in [1.54, 1.807) is 12.1 Å². The fraction of sp³-hybridized carbons (Fsp3) is 0.588. The normalized spacial score (nSPS) is 18.4. The van der Waals surface area contributed by atoms with E-state index < -0.39 is 5.60 Å². The van der Waals surface area contributed by atoms with Crippen molar-refractivity contribution >= 4 is 5.91 Å². The molecule has 3 N–H and O–H groups in total. The highest BCUT2D eigenvalue weighted by Crippen LogP contribution is 2.32. The second-order valence-corrected chi connectivity index (χ2v) is 6.28. The number of hydrogen-bond acceptors (Lipinski definition) is 3. The minimum atomic E-state index is -0.777. The molecule has 1 fully saturated rings. The lowest BCUT2D eigenvalue weighted by atomic mass is 9.97. The molecule has 2 rings (SSSR count). The smallest absolute Gasteiger partial charge is 0.223 e. The van der Waals surface area contributed by atoms with Crippen molar-refractivity contribution in [3.8, 4) is 5.75 Å². The molecule has 0 saturated heterocycles. The summed E-state index contributed by atoms with van der Waals surface area (Å²) in [4.78, 5) is 12.0. The molecule has 1 aliphatic carbocycles. The van der Waals surface area contributed by atoms with E-state index in [1.165, 1.54) is 0 Å². The van der Waals surface area contributed by atoms with Gasteiger partial charge in [-0.25, -0.2) is 0 Å². The van der Waals surface area contributed by atoms with Gasteiger partial charge in [-0.15, -0.1) is 0 Å². The number of phenols is 1. The third-order valence-corrected chi connectivity index (χ3v) is 4.23. The Morgan fingerprint density at radius 3 is 2.52 bits per heavy atom. The largest absolute Gasteiger partial charge is 0.508 e. The molecule has 0 radical (unpaired) electrons. The fourth-order valence-electron chi connectivity index (χ4n) is 2.95. The summed E-state index contributed by atoms with van der Waals surface area (Å²) >= 11 is 0. The summed E-state index contributed by atoms with van der Waals surface area (Å²) in [5.74, 6) is 0.211. The van der Waals surface area contributed by atoms with Gasteiger partial charge in [0.2, 0.25) is 5.91 Å². The number of carbonyl (C=O) groups excluding carboxylic acids is 1. The highest BCUT2D eigenvalue weighted by molar-refractivity contribution is 5.77. The number of aryl methyl sites for hydroxylation is 1. The molecule has 1 unspecified atom stereocenters. The van der Waals surface area contributed by atoms with Gasteiger partial charge in [-0.1, -0.05) is 25.0 Å². The fourth-order valence-corrected chi connectivity index (χ4v) is 2.95. The van der Waals surface area contributed by atoms with E-state index in [-0.39, 0.29) is 24.1 Å².